The van der Waals surface area contributed by atoms with Crippen LogP contribution in [0.5, 0.6) is 0 Å². The second-order valence-electron chi connectivity index (χ2n) is 5.22. The summed E-state index contributed by atoms with van der Waals surface area (Å²) < 4.78 is 5.39. The van der Waals surface area contributed by atoms with Crippen molar-refractivity contribution < 1.29 is 4.74 Å². The number of ether oxygens (including phenoxy) is 1. The van der Waals surface area contributed by atoms with Crippen molar-refractivity contribution >= 4 is 11.8 Å². The Balaban J connectivity index is 2.35. The van der Waals surface area contributed by atoms with Crippen molar-refractivity contribution in [3.8, 4) is 12.1 Å². The van der Waals surface area contributed by atoms with Crippen LogP contribution in [0.25, 0.3) is 6.08 Å². The molecule has 23 heavy (non-hydrogen) atoms. The van der Waals surface area contributed by atoms with Crippen molar-refractivity contribution in [1.82, 2.24) is 0 Å². The largest absolute Gasteiger partial charge is 0.469 e. The number of rotatable bonds is 3. The van der Waals surface area contributed by atoms with Crippen LogP contribution in [0, 0.1) is 22.7 Å². The van der Waals surface area contributed by atoms with E-state index in [4.69, 9.17) is 15.3 Å². The van der Waals surface area contributed by atoms with E-state index in [9.17, 15) is 0 Å². The lowest BCUT2D eigenvalue weighted by Gasteiger charge is -2.14. The van der Waals surface area contributed by atoms with E-state index in [1.807, 2.05) is 74.5 Å². The predicted molar refractivity (Wildman–Crippen MR) is 91.0 cm³/mol. The van der Waals surface area contributed by atoms with Gasteiger partial charge in [-0.05, 0) is 30.7 Å². The first-order chi connectivity index (χ1) is 11.1. The third-order valence-corrected chi connectivity index (χ3v) is 3.49. The van der Waals surface area contributed by atoms with Gasteiger partial charge >= 0.3 is 0 Å². The van der Waals surface area contributed by atoms with Crippen LogP contribution in [0.15, 0.2) is 65.2 Å². The molecule has 1 aromatic rings. The molecule has 0 bridgehead atoms. The molecule has 0 radical (unpaired) electrons. The van der Waals surface area contributed by atoms with Crippen molar-refractivity contribution in [1.29, 1.82) is 10.5 Å². The average molecular weight is 303 g/mol. The van der Waals surface area contributed by atoms with E-state index < -0.39 is 0 Å². The van der Waals surface area contributed by atoms with Gasteiger partial charge in [0.2, 0.25) is 0 Å². The fourth-order valence-corrected chi connectivity index (χ4v) is 2.18. The molecule has 1 aliphatic heterocycles. The molecule has 1 aromatic carbocycles. The summed E-state index contributed by atoms with van der Waals surface area (Å²) in [5.74, 6) is 0.659. The Morgan fingerprint density at radius 3 is 2.30 bits per heavy atom. The number of hydrogen-bond donors (Lipinski definition) is 0. The normalized spacial score (nSPS) is 13.5. The number of benzene rings is 1. The lowest BCUT2D eigenvalue weighted by Crippen LogP contribution is -2.07. The van der Waals surface area contributed by atoms with Gasteiger partial charge in [-0.1, -0.05) is 24.3 Å². The van der Waals surface area contributed by atoms with Crippen LogP contribution >= 0.6 is 0 Å². The van der Waals surface area contributed by atoms with Gasteiger partial charge in [0.05, 0.1) is 6.26 Å². The summed E-state index contributed by atoms with van der Waals surface area (Å²) in [7, 11) is 3.99. The van der Waals surface area contributed by atoms with E-state index in [1.54, 1.807) is 6.08 Å². The summed E-state index contributed by atoms with van der Waals surface area (Å²) >= 11 is 0. The zero-order valence-corrected chi connectivity index (χ0v) is 13.4. The Labute approximate surface area is 136 Å². The van der Waals surface area contributed by atoms with Gasteiger partial charge in [0.25, 0.3) is 0 Å². The zero-order chi connectivity index (χ0) is 16.8. The molecule has 0 aromatic heterocycles. The van der Waals surface area contributed by atoms with Crippen LogP contribution in [-0.4, -0.2) is 14.1 Å². The van der Waals surface area contributed by atoms with E-state index in [0.717, 1.165) is 16.8 Å². The maximum absolute atomic E-state index is 9.09. The molecule has 4 heteroatoms. The highest BCUT2D eigenvalue weighted by atomic mass is 16.5. The van der Waals surface area contributed by atoms with E-state index >= 15 is 0 Å². The molecule has 0 unspecified atom stereocenters. The maximum Gasteiger partial charge on any atom is 0.137 e. The minimum Gasteiger partial charge on any atom is -0.469 e. The molecular formula is C19H17N3O. The van der Waals surface area contributed by atoms with Gasteiger partial charge in [0.1, 0.15) is 23.5 Å². The van der Waals surface area contributed by atoms with Crippen LogP contribution in [-0.2, 0) is 4.74 Å². The highest BCUT2D eigenvalue weighted by Crippen LogP contribution is 2.27. The summed E-state index contributed by atoms with van der Waals surface area (Å²) in [6.45, 7) is 1.81. The van der Waals surface area contributed by atoms with Gasteiger partial charge in [-0.2, -0.15) is 10.5 Å². The first-order valence-electron chi connectivity index (χ1n) is 7.11. The van der Waals surface area contributed by atoms with E-state index in [2.05, 4.69) is 0 Å². The Bertz CT molecular complexity index is 779. The minimum absolute atomic E-state index is 0.0755. The van der Waals surface area contributed by atoms with Crippen molar-refractivity contribution in [2.24, 2.45) is 0 Å². The molecule has 1 heterocycles. The number of anilines is 1. The predicted octanol–water partition coefficient (Wildman–Crippen LogP) is 3.93. The van der Waals surface area contributed by atoms with Crippen LogP contribution in [0.2, 0.25) is 0 Å². The third kappa shape index (κ3) is 3.70. The highest BCUT2D eigenvalue weighted by Gasteiger charge is 2.14. The molecular weight excluding hydrogens is 286 g/mol. The van der Waals surface area contributed by atoms with Crippen molar-refractivity contribution in [2.75, 3.05) is 19.0 Å². The monoisotopic (exact) mass is 303 g/mol. The Hall–Kier alpha value is -3.24. The van der Waals surface area contributed by atoms with Crippen LogP contribution in [0.1, 0.15) is 12.5 Å². The molecule has 2 rings (SSSR count). The second kappa shape index (κ2) is 7.15. The quantitative estimate of drug-likeness (QED) is 0.794. The minimum atomic E-state index is 0.0755. The van der Waals surface area contributed by atoms with Crippen LogP contribution < -0.4 is 4.90 Å². The topological polar surface area (TPSA) is 60.0 Å². The fourth-order valence-electron chi connectivity index (χ4n) is 2.18. The molecule has 0 fully saturated rings. The van der Waals surface area contributed by atoms with Crippen LogP contribution in [0.3, 0.4) is 0 Å². The second-order valence-corrected chi connectivity index (χ2v) is 5.22. The lowest BCUT2D eigenvalue weighted by atomic mass is 9.97. The SMILES string of the molecule is CC1=C(/C=C/c2ccc(N(C)C)cc2)C(=C(C#N)C#N)C=CO1. The standard InChI is InChI=1S/C19H17N3O/c1-14-18(19(10-11-23-14)16(12-20)13-21)9-6-15-4-7-17(8-5-15)22(2)3/h4-11H,1-3H3/b9-6+. The van der Waals surface area contributed by atoms with Gasteiger partial charge in [-0.3, -0.25) is 0 Å². The molecule has 0 saturated heterocycles. The number of nitriles is 2. The number of hydrogen-bond acceptors (Lipinski definition) is 4. The molecule has 0 N–H and O–H groups in total. The summed E-state index contributed by atoms with van der Waals surface area (Å²) in [6, 6.07) is 11.9. The van der Waals surface area contributed by atoms with Crippen molar-refractivity contribution in [2.45, 2.75) is 6.92 Å². The zero-order valence-electron chi connectivity index (χ0n) is 13.4. The third-order valence-electron chi connectivity index (χ3n) is 3.49. The summed E-state index contributed by atoms with van der Waals surface area (Å²) in [5, 5.41) is 18.2. The molecule has 114 valence electrons. The molecule has 0 amide bonds. The Kier molecular flexibility index (Phi) is 5.02. The lowest BCUT2D eigenvalue weighted by molar-refractivity contribution is 0.345. The van der Waals surface area contributed by atoms with Gasteiger partial charge in [0.15, 0.2) is 0 Å². The van der Waals surface area contributed by atoms with Gasteiger partial charge < -0.3 is 9.64 Å². The molecule has 0 saturated carbocycles. The van der Waals surface area contributed by atoms with Gasteiger partial charge in [-0.15, -0.1) is 0 Å². The molecule has 4 nitrogen and oxygen atoms in total. The maximum atomic E-state index is 9.09. The van der Waals surface area contributed by atoms with Gasteiger partial charge in [0, 0.05) is 30.9 Å². The van der Waals surface area contributed by atoms with E-state index in [1.165, 1.54) is 6.26 Å². The Morgan fingerprint density at radius 2 is 1.74 bits per heavy atom. The summed E-state index contributed by atoms with van der Waals surface area (Å²) in [6.07, 6.45) is 6.94. The van der Waals surface area contributed by atoms with E-state index in [-0.39, 0.29) is 5.57 Å². The van der Waals surface area contributed by atoms with Crippen molar-refractivity contribution in [3.63, 3.8) is 0 Å². The number of nitrogens with zero attached hydrogens (tertiary/aromatic N) is 3. The smallest absolute Gasteiger partial charge is 0.137 e. The van der Waals surface area contributed by atoms with Crippen LogP contribution in [0.4, 0.5) is 5.69 Å². The first kappa shape index (κ1) is 16.1. The molecule has 1 aliphatic rings. The molecule has 0 atom stereocenters. The molecule has 0 spiro atoms. The van der Waals surface area contributed by atoms with E-state index in [0.29, 0.717) is 11.3 Å². The summed E-state index contributed by atoms with van der Waals surface area (Å²) in [5.41, 5.74) is 3.55. The summed E-state index contributed by atoms with van der Waals surface area (Å²) in [4.78, 5) is 2.03. The first-order valence-corrected chi connectivity index (χ1v) is 7.11. The Morgan fingerprint density at radius 1 is 1.09 bits per heavy atom. The van der Waals surface area contributed by atoms with Crippen molar-refractivity contribution in [3.05, 3.63) is 70.7 Å². The highest BCUT2D eigenvalue weighted by molar-refractivity contribution is 5.65. The molecule has 0 aliphatic carbocycles. The number of allylic oxidation sites excluding steroid dienone is 6. The average Bonchev–Trinajstić information content (AvgIpc) is 2.55. The van der Waals surface area contributed by atoms with Gasteiger partial charge in [-0.25, -0.2) is 0 Å². The fraction of sp³-hybridized carbons (Fsp3) is 0.158.